The number of nitrogens with zero attached hydrogens (tertiary/aromatic N) is 1. The topological polar surface area (TPSA) is 58.4 Å². The van der Waals surface area contributed by atoms with Crippen molar-refractivity contribution < 1.29 is 4.79 Å². The molecule has 116 valence electrons. The average Bonchev–Trinajstić information content (AvgIpc) is 2.99. The maximum absolute atomic E-state index is 12.3. The van der Waals surface area contributed by atoms with Crippen molar-refractivity contribution in [2.45, 2.75) is 62.3 Å². The van der Waals surface area contributed by atoms with Gasteiger partial charge in [-0.15, -0.1) is 0 Å². The Balaban J connectivity index is 1.81. The Morgan fingerprint density at radius 2 is 2.00 bits per heavy atom. The van der Waals surface area contributed by atoms with Crippen LogP contribution in [0.2, 0.25) is 0 Å². The molecule has 1 aliphatic heterocycles. The summed E-state index contributed by atoms with van der Waals surface area (Å²) >= 11 is 1.89. The molecule has 5 heteroatoms. The lowest BCUT2D eigenvalue weighted by atomic mass is 9.94. The van der Waals surface area contributed by atoms with E-state index < -0.39 is 0 Å². The van der Waals surface area contributed by atoms with E-state index in [1.807, 2.05) is 18.7 Å². The molecule has 0 aromatic rings. The van der Waals surface area contributed by atoms with Gasteiger partial charge in [-0.05, 0) is 38.9 Å². The molecule has 0 spiro atoms. The number of piperidine rings is 1. The number of nitrogens with two attached hydrogens (primary N) is 1. The molecule has 2 fully saturated rings. The largest absolute Gasteiger partial charge is 0.352 e. The fourth-order valence-corrected chi connectivity index (χ4v) is 4.13. The Hall–Kier alpha value is -0.260. The minimum Gasteiger partial charge on any atom is -0.352 e. The maximum atomic E-state index is 12.3. The zero-order chi connectivity index (χ0) is 14.6. The highest BCUT2D eigenvalue weighted by molar-refractivity contribution is 8.00. The van der Waals surface area contributed by atoms with E-state index in [0.29, 0.717) is 6.04 Å². The summed E-state index contributed by atoms with van der Waals surface area (Å²) in [4.78, 5) is 14.6. The van der Waals surface area contributed by atoms with Crippen LogP contribution in [0, 0.1) is 0 Å². The number of carbonyl (C=O) groups is 1. The van der Waals surface area contributed by atoms with Gasteiger partial charge in [0.25, 0.3) is 0 Å². The lowest BCUT2D eigenvalue weighted by Gasteiger charge is -2.42. The molecule has 1 heterocycles. The van der Waals surface area contributed by atoms with Gasteiger partial charge in [-0.1, -0.05) is 12.8 Å². The van der Waals surface area contributed by atoms with Crippen molar-refractivity contribution in [2.24, 2.45) is 5.73 Å². The van der Waals surface area contributed by atoms with E-state index in [4.69, 9.17) is 5.73 Å². The van der Waals surface area contributed by atoms with Gasteiger partial charge in [-0.2, -0.15) is 11.8 Å². The normalized spacial score (nSPS) is 25.6. The van der Waals surface area contributed by atoms with Crippen molar-refractivity contribution in [1.29, 1.82) is 0 Å². The van der Waals surface area contributed by atoms with Crippen LogP contribution in [0.1, 0.15) is 45.4 Å². The van der Waals surface area contributed by atoms with Gasteiger partial charge >= 0.3 is 0 Å². The van der Waals surface area contributed by atoms with Crippen LogP contribution in [0.3, 0.4) is 0 Å². The van der Waals surface area contributed by atoms with Gasteiger partial charge in [-0.3, -0.25) is 9.69 Å². The van der Waals surface area contributed by atoms with Crippen molar-refractivity contribution in [2.75, 3.05) is 25.9 Å². The van der Waals surface area contributed by atoms with Crippen LogP contribution in [0.15, 0.2) is 0 Å². The molecule has 1 unspecified atom stereocenters. The zero-order valence-electron chi connectivity index (χ0n) is 12.9. The second-order valence-electron chi connectivity index (χ2n) is 6.29. The molecule has 0 radical (unpaired) electrons. The fraction of sp³-hybridized carbons (Fsp3) is 0.933. The Morgan fingerprint density at radius 3 is 2.50 bits per heavy atom. The van der Waals surface area contributed by atoms with E-state index in [0.717, 1.165) is 45.3 Å². The summed E-state index contributed by atoms with van der Waals surface area (Å²) in [5, 5.41) is 3.21. The highest BCUT2D eigenvalue weighted by Crippen LogP contribution is 2.34. The van der Waals surface area contributed by atoms with Crippen LogP contribution in [-0.4, -0.2) is 53.5 Å². The molecular formula is C15H29N3OS. The van der Waals surface area contributed by atoms with Crippen molar-refractivity contribution in [3.8, 4) is 0 Å². The second kappa shape index (κ2) is 7.14. The predicted octanol–water partition coefficient (Wildman–Crippen LogP) is 1.59. The SMILES string of the molecule is CSC1(CN)CCN(C(C)C(=O)NC2CCCC2)CC1. The van der Waals surface area contributed by atoms with E-state index >= 15 is 0 Å². The van der Waals surface area contributed by atoms with Crippen molar-refractivity contribution in [3.05, 3.63) is 0 Å². The van der Waals surface area contributed by atoms with Crippen molar-refractivity contribution in [3.63, 3.8) is 0 Å². The third-order valence-electron chi connectivity index (χ3n) is 5.14. The van der Waals surface area contributed by atoms with Gasteiger partial charge in [-0.25, -0.2) is 0 Å². The number of thioether (sulfide) groups is 1. The molecule has 20 heavy (non-hydrogen) atoms. The van der Waals surface area contributed by atoms with Crippen LogP contribution in [0.5, 0.6) is 0 Å². The van der Waals surface area contributed by atoms with Gasteiger partial charge in [0, 0.05) is 30.4 Å². The third kappa shape index (κ3) is 3.68. The lowest BCUT2D eigenvalue weighted by molar-refractivity contribution is -0.127. The summed E-state index contributed by atoms with van der Waals surface area (Å²) in [7, 11) is 0. The molecular weight excluding hydrogens is 270 g/mol. The first-order chi connectivity index (χ1) is 9.60. The molecule has 2 rings (SSSR count). The van der Waals surface area contributed by atoms with E-state index in [1.165, 1.54) is 12.8 Å². The number of carbonyl (C=O) groups excluding carboxylic acids is 1. The molecule has 2 aliphatic rings. The van der Waals surface area contributed by atoms with E-state index in [2.05, 4.69) is 16.5 Å². The van der Waals surface area contributed by atoms with Gasteiger partial charge in [0.2, 0.25) is 5.91 Å². The molecule has 1 aliphatic carbocycles. The number of rotatable bonds is 5. The number of hydrogen-bond acceptors (Lipinski definition) is 4. The van der Waals surface area contributed by atoms with E-state index in [1.54, 1.807) is 0 Å². The molecule has 1 atom stereocenters. The van der Waals surface area contributed by atoms with Crippen LogP contribution in [-0.2, 0) is 4.79 Å². The third-order valence-corrected chi connectivity index (χ3v) is 6.58. The Bertz CT molecular complexity index is 317. The highest BCUT2D eigenvalue weighted by atomic mass is 32.2. The molecule has 0 bridgehead atoms. The molecule has 1 saturated carbocycles. The first-order valence-corrected chi connectivity index (χ1v) is 9.12. The van der Waals surface area contributed by atoms with Gasteiger partial charge in [0.1, 0.15) is 0 Å². The summed E-state index contributed by atoms with van der Waals surface area (Å²) in [6.07, 6.45) is 9.16. The minimum absolute atomic E-state index is 0.00627. The van der Waals surface area contributed by atoms with Crippen LogP contribution < -0.4 is 11.1 Å². The summed E-state index contributed by atoms with van der Waals surface area (Å²) in [6.45, 7) is 4.75. The maximum Gasteiger partial charge on any atom is 0.237 e. The Labute approximate surface area is 127 Å². The highest BCUT2D eigenvalue weighted by Gasteiger charge is 2.35. The molecule has 3 N–H and O–H groups in total. The summed E-state index contributed by atoms with van der Waals surface area (Å²) in [5.74, 6) is 0.210. The predicted molar refractivity (Wildman–Crippen MR) is 86.0 cm³/mol. The second-order valence-corrected chi connectivity index (χ2v) is 7.57. The number of amides is 1. The smallest absolute Gasteiger partial charge is 0.237 e. The van der Waals surface area contributed by atoms with Gasteiger partial charge < -0.3 is 11.1 Å². The number of hydrogen-bond donors (Lipinski definition) is 2. The fourth-order valence-electron chi connectivity index (χ4n) is 3.37. The average molecular weight is 299 g/mol. The first-order valence-electron chi connectivity index (χ1n) is 7.90. The molecule has 1 saturated heterocycles. The molecule has 4 nitrogen and oxygen atoms in total. The van der Waals surface area contributed by atoms with Crippen molar-refractivity contribution >= 4 is 17.7 Å². The lowest BCUT2D eigenvalue weighted by Crippen LogP contribution is -2.53. The van der Waals surface area contributed by atoms with Gasteiger partial charge in [0.15, 0.2) is 0 Å². The van der Waals surface area contributed by atoms with Gasteiger partial charge in [0.05, 0.1) is 6.04 Å². The Morgan fingerprint density at radius 1 is 1.40 bits per heavy atom. The quantitative estimate of drug-likeness (QED) is 0.809. The number of nitrogens with one attached hydrogen (secondary N) is 1. The molecule has 1 amide bonds. The van der Waals surface area contributed by atoms with Crippen molar-refractivity contribution in [1.82, 2.24) is 10.2 Å². The standard InChI is InChI=1S/C15H29N3OS/c1-12(14(19)17-13-5-3-4-6-13)18-9-7-15(11-16,20-2)8-10-18/h12-13H,3-11,16H2,1-2H3,(H,17,19). The summed E-state index contributed by atoms with van der Waals surface area (Å²) in [5.41, 5.74) is 5.92. The summed E-state index contributed by atoms with van der Waals surface area (Å²) < 4.78 is 0.234. The number of likely N-dealkylation sites (tertiary alicyclic amines) is 1. The van der Waals surface area contributed by atoms with E-state index in [9.17, 15) is 4.79 Å². The van der Waals surface area contributed by atoms with Crippen LogP contribution in [0.4, 0.5) is 0 Å². The first kappa shape index (κ1) is 16.1. The van der Waals surface area contributed by atoms with E-state index in [-0.39, 0.29) is 16.7 Å². The monoisotopic (exact) mass is 299 g/mol. The minimum atomic E-state index is -0.00627. The Kier molecular flexibility index (Phi) is 5.75. The van der Waals surface area contributed by atoms with Crippen LogP contribution in [0.25, 0.3) is 0 Å². The zero-order valence-corrected chi connectivity index (χ0v) is 13.7. The summed E-state index contributed by atoms with van der Waals surface area (Å²) in [6, 6.07) is 0.414. The molecule has 0 aromatic heterocycles. The molecule has 0 aromatic carbocycles. The van der Waals surface area contributed by atoms with Crippen LogP contribution >= 0.6 is 11.8 Å².